The van der Waals surface area contributed by atoms with Gasteiger partial charge in [-0.25, -0.2) is 0 Å². The first kappa shape index (κ1) is 12.2. The second-order valence-electron chi connectivity index (χ2n) is 3.65. The summed E-state index contributed by atoms with van der Waals surface area (Å²) in [5.41, 5.74) is 0.575. The zero-order valence-electron chi connectivity index (χ0n) is 9.28. The molecule has 86 valence electrons. The van der Waals surface area contributed by atoms with E-state index in [1.165, 1.54) is 6.07 Å². The third kappa shape index (κ3) is 2.59. The highest BCUT2D eigenvalue weighted by molar-refractivity contribution is 6.10. The van der Waals surface area contributed by atoms with Crippen molar-refractivity contribution in [2.45, 2.75) is 26.7 Å². The molecule has 4 nitrogen and oxygen atoms in total. The van der Waals surface area contributed by atoms with Crippen LogP contribution < -0.4 is 0 Å². The smallest absolute Gasteiger partial charge is 0.174 e. The van der Waals surface area contributed by atoms with E-state index < -0.39 is 5.78 Å². The monoisotopic (exact) mass is 222 g/mol. The van der Waals surface area contributed by atoms with E-state index in [1.54, 1.807) is 13.8 Å². The SMILES string of the molecule is CCC(=O)CC(=O)c1c(C)cc(O)cc1O. The molecule has 0 unspecified atom stereocenters. The summed E-state index contributed by atoms with van der Waals surface area (Å²) >= 11 is 0. The topological polar surface area (TPSA) is 74.6 Å². The van der Waals surface area contributed by atoms with E-state index in [0.717, 1.165) is 6.07 Å². The van der Waals surface area contributed by atoms with Gasteiger partial charge in [0, 0.05) is 12.5 Å². The Labute approximate surface area is 93.5 Å². The molecule has 1 aromatic carbocycles. The van der Waals surface area contributed by atoms with E-state index in [2.05, 4.69) is 0 Å². The maximum absolute atomic E-state index is 11.7. The predicted molar refractivity (Wildman–Crippen MR) is 58.8 cm³/mol. The van der Waals surface area contributed by atoms with Gasteiger partial charge < -0.3 is 10.2 Å². The van der Waals surface area contributed by atoms with Gasteiger partial charge in [-0.1, -0.05) is 6.92 Å². The summed E-state index contributed by atoms with van der Waals surface area (Å²) < 4.78 is 0. The highest BCUT2D eigenvalue weighted by Gasteiger charge is 2.17. The van der Waals surface area contributed by atoms with Crippen LogP contribution in [0.15, 0.2) is 12.1 Å². The maximum Gasteiger partial charge on any atom is 0.174 e. The van der Waals surface area contributed by atoms with Crippen LogP contribution in [-0.4, -0.2) is 21.8 Å². The van der Waals surface area contributed by atoms with E-state index in [1.807, 2.05) is 0 Å². The lowest BCUT2D eigenvalue weighted by atomic mass is 9.99. The zero-order chi connectivity index (χ0) is 12.3. The number of benzene rings is 1. The number of aryl methyl sites for hydroxylation is 1. The first-order valence-corrected chi connectivity index (χ1v) is 5.03. The molecule has 0 aliphatic heterocycles. The lowest BCUT2D eigenvalue weighted by Gasteiger charge is -2.07. The van der Waals surface area contributed by atoms with Gasteiger partial charge in [-0.15, -0.1) is 0 Å². The van der Waals surface area contributed by atoms with Crippen LogP contribution in [0.1, 0.15) is 35.7 Å². The van der Waals surface area contributed by atoms with Gasteiger partial charge in [0.15, 0.2) is 5.78 Å². The third-order valence-corrected chi connectivity index (χ3v) is 2.33. The molecule has 2 N–H and O–H groups in total. The van der Waals surface area contributed by atoms with Gasteiger partial charge in [0.1, 0.15) is 17.3 Å². The third-order valence-electron chi connectivity index (χ3n) is 2.33. The largest absolute Gasteiger partial charge is 0.508 e. The van der Waals surface area contributed by atoms with Crippen LogP contribution >= 0.6 is 0 Å². The van der Waals surface area contributed by atoms with Crippen molar-refractivity contribution < 1.29 is 19.8 Å². The predicted octanol–water partition coefficient (Wildman–Crippen LogP) is 1.96. The second-order valence-corrected chi connectivity index (χ2v) is 3.65. The average Bonchev–Trinajstić information content (AvgIpc) is 2.15. The molecule has 4 heteroatoms. The fourth-order valence-electron chi connectivity index (χ4n) is 1.51. The van der Waals surface area contributed by atoms with Crippen molar-refractivity contribution in [3.63, 3.8) is 0 Å². The lowest BCUT2D eigenvalue weighted by molar-refractivity contribution is -0.117. The molecule has 0 spiro atoms. The summed E-state index contributed by atoms with van der Waals surface area (Å²) in [5, 5.41) is 18.7. The fraction of sp³-hybridized carbons (Fsp3) is 0.333. The molecule has 0 aliphatic carbocycles. The molecule has 0 heterocycles. The minimum Gasteiger partial charge on any atom is -0.508 e. The Kier molecular flexibility index (Phi) is 3.66. The van der Waals surface area contributed by atoms with Crippen molar-refractivity contribution in [1.82, 2.24) is 0 Å². The molecule has 0 radical (unpaired) electrons. The van der Waals surface area contributed by atoms with Crippen LogP contribution in [0.5, 0.6) is 11.5 Å². The lowest BCUT2D eigenvalue weighted by Crippen LogP contribution is -2.08. The summed E-state index contributed by atoms with van der Waals surface area (Å²) in [5.74, 6) is -0.974. The quantitative estimate of drug-likeness (QED) is 0.603. The van der Waals surface area contributed by atoms with Crippen molar-refractivity contribution in [1.29, 1.82) is 0 Å². The molecule has 16 heavy (non-hydrogen) atoms. The van der Waals surface area contributed by atoms with Crippen LogP contribution in [0.25, 0.3) is 0 Å². The molecule has 1 aromatic rings. The number of ketones is 2. The normalized spacial score (nSPS) is 10.1. The van der Waals surface area contributed by atoms with Crippen molar-refractivity contribution in [2.75, 3.05) is 0 Å². The maximum atomic E-state index is 11.7. The minimum absolute atomic E-state index is 0.103. The number of carbonyl (C=O) groups excluding carboxylic acids is 2. The number of phenolic OH excluding ortho intramolecular Hbond substituents is 2. The Bertz CT molecular complexity index is 412. The van der Waals surface area contributed by atoms with E-state index in [4.69, 9.17) is 0 Å². The summed E-state index contributed by atoms with van der Waals surface area (Å²) in [6.45, 7) is 3.28. The van der Waals surface area contributed by atoms with Gasteiger partial charge in [0.2, 0.25) is 0 Å². The molecule has 0 saturated heterocycles. The Morgan fingerprint density at radius 3 is 2.38 bits per heavy atom. The summed E-state index contributed by atoms with van der Waals surface area (Å²) in [6, 6.07) is 2.47. The summed E-state index contributed by atoms with van der Waals surface area (Å²) in [7, 11) is 0. The number of phenols is 2. The molecule has 0 aromatic heterocycles. The molecule has 0 bridgehead atoms. The van der Waals surface area contributed by atoms with Crippen molar-refractivity contribution >= 4 is 11.6 Å². The van der Waals surface area contributed by atoms with E-state index >= 15 is 0 Å². The summed E-state index contributed by atoms with van der Waals surface area (Å²) in [6.07, 6.45) is 0.0826. The molecule has 0 saturated carbocycles. The number of aromatic hydroxyl groups is 2. The van der Waals surface area contributed by atoms with Crippen LogP contribution in [0.4, 0.5) is 0 Å². The Hall–Kier alpha value is -1.84. The first-order valence-electron chi connectivity index (χ1n) is 5.03. The van der Waals surface area contributed by atoms with Crippen LogP contribution in [-0.2, 0) is 4.79 Å². The van der Waals surface area contributed by atoms with E-state index in [9.17, 15) is 19.8 Å². The van der Waals surface area contributed by atoms with Gasteiger partial charge in [-0.05, 0) is 18.6 Å². The second kappa shape index (κ2) is 4.79. The molecule has 1 rings (SSSR count). The number of rotatable bonds is 4. The average molecular weight is 222 g/mol. The van der Waals surface area contributed by atoms with Crippen LogP contribution in [0.3, 0.4) is 0 Å². The first-order chi connectivity index (χ1) is 7.45. The minimum atomic E-state index is -0.415. The standard InChI is InChI=1S/C12H14O4/c1-3-8(13)5-10(15)12-7(2)4-9(14)6-11(12)16/h4,6,14,16H,3,5H2,1-2H3. The van der Waals surface area contributed by atoms with E-state index in [-0.39, 0.29) is 29.3 Å². The van der Waals surface area contributed by atoms with Gasteiger partial charge >= 0.3 is 0 Å². The van der Waals surface area contributed by atoms with E-state index in [0.29, 0.717) is 12.0 Å². The Balaban J connectivity index is 3.04. The highest BCUT2D eigenvalue weighted by Crippen LogP contribution is 2.27. The van der Waals surface area contributed by atoms with Crippen molar-refractivity contribution in [3.8, 4) is 11.5 Å². The molecular weight excluding hydrogens is 208 g/mol. The number of Topliss-reactive ketones (excluding diaryl/α,β-unsaturated/α-hetero) is 2. The number of hydrogen-bond donors (Lipinski definition) is 2. The van der Waals surface area contributed by atoms with Gasteiger partial charge in [-0.2, -0.15) is 0 Å². The molecule has 0 fully saturated rings. The van der Waals surface area contributed by atoms with Gasteiger partial charge in [0.25, 0.3) is 0 Å². The number of carbonyl (C=O) groups is 2. The molecular formula is C12H14O4. The van der Waals surface area contributed by atoms with Crippen molar-refractivity contribution in [2.24, 2.45) is 0 Å². The molecule has 0 aliphatic rings. The Morgan fingerprint density at radius 1 is 1.25 bits per heavy atom. The van der Waals surface area contributed by atoms with Gasteiger partial charge in [-0.3, -0.25) is 9.59 Å². The summed E-state index contributed by atoms with van der Waals surface area (Å²) in [4.78, 5) is 22.8. The molecule has 0 amide bonds. The zero-order valence-corrected chi connectivity index (χ0v) is 9.28. The highest BCUT2D eigenvalue weighted by atomic mass is 16.3. The molecule has 0 atom stereocenters. The van der Waals surface area contributed by atoms with Crippen molar-refractivity contribution in [3.05, 3.63) is 23.3 Å². The van der Waals surface area contributed by atoms with Gasteiger partial charge in [0.05, 0.1) is 12.0 Å². The fourth-order valence-corrected chi connectivity index (χ4v) is 1.51. The van der Waals surface area contributed by atoms with Crippen LogP contribution in [0, 0.1) is 6.92 Å². The van der Waals surface area contributed by atoms with Crippen LogP contribution in [0.2, 0.25) is 0 Å². The number of hydrogen-bond acceptors (Lipinski definition) is 4. The Morgan fingerprint density at radius 2 is 1.88 bits per heavy atom.